The second kappa shape index (κ2) is 5.69. The molecule has 1 N–H and O–H groups in total. The van der Waals surface area contributed by atoms with Gasteiger partial charge in [-0.3, -0.25) is 0 Å². The van der Waals surface area contributed by atoms with Crippen LogP contribution in [-0.2, 0) is 0 Å². The molecule has 0 spiro atoms. The lowest BCUT2D eigenvalue weighted by molar-refractivity contribution is 0.177. The second-order valence-corrected chi connectivity index (χ2v) is 5.72. The van der Waals surface area contributed by atoms with E-state index in [0.717, 1.165) is 11.3 Å². The van der Waals surface area contributed by atoms with Crippen LogP contribution in [0.1, 0.15) is 43.9 Å². The maximum atomic E-state index is 10.0. The monoisotopic (exact) mass is 286 g/mol. The summed E-state index contributed by atoms with van der Waals surface area (Å²) in [5.74, 6) is 1.21. The van der Waals surface area contributed by atoms with Crippen LogP contribution in [-0.4, -0.2) is 17.0 Å². The summed E-state index contributed by atoms with van der Waals surface area (Å²) in [4.78, 5) is 0.00583. The summed E-state index contributed by atoms with van der Waals surface area (Å²) >= 11 is 3.38. The molecule has 2 nitrogen and oxygen atoms in total. The molecule has 0 aliphatic carbocycles. The van der Waals surface area contributed by atoms with Gasteiger partial charge in [0.2, 0.25) is 0 Å². The van der Waals surface area contributed by atoms with E-state index in [0.29, 0.717) is 5.92 Å². The Morgan fingerprint density at radius 1 is 1.25 bits per heavy atom. The normalized spacial score (nSPS) is 14.9. The Morgan fingerprint density at radius 3 is 2.31 bits per heavy atom. The van der Waals surface area contributed by atoms with E-state index in [2.05, 4.69) is 29.8 Å². The van der Waals surface area contributed by atoms with Crippen LogP contribution in [0.2, 0.25) is 0 Å². The number of aliphatic hydroxyl groups is 1. The van der Waals surface area contributed by atoms with Gasteiger partial charge in [0, 0.05) is 10.4 Å². The molecular weight excluding hydrogens is 268 g/mol. The lowest BCUT2D eigenvalue weighted by Crippen LogP contribution is -2.09. The van der Waals surface area contributed by atoms with Crippen LogP contribution in [0.4, 0.5) is 0 Å². The largest absolute Gasteiger partial charge is 0.496 e. The molecule has 0 saturated heterocycles. The zero-order valence-electron chi connectivity index (χ0n) is 10.2. The molecule has 0 saturated carbocycles. The molecule has 0 bridgehead atoms. The summed E-state index contributed by atoms with van der Waals surface area (Å²) in [6.07, 6.45) is -0.545. The van der Waals surface area contributed by atoms with Crippen molar-refractivity contribution in [3.05, 3.63) is 29.3 Å². The van der Waals surface area contributed by atoms with Crippen molar-refractivity contribution in [2.75, 3.05) is 7.11 Å². The summed E-state index contributed by atoms with van der Waals surface area (Å²) in [6, 6.07) is 5.98. The minimum Gasteiger partial charge on any atom is -0.496 e. The Bertz CT molecular complexity index is 348. The third-order valence-corrected chi connectivity index (χ3v) is 3.18. The molecule has 1 rings (SSSR count). The highest BCUT2D eigenvalue weighted by molar-refractivity contribution is 9.09. The zero-order chi connectivity index (χ0) is 12.3. The van der Waals surface area contributed by atoms with Crippen LogP contribution in [0.15, 0.2) is 18.2 Å². The van der Waals surface area contributed by atoms with Crippen LogP contribution in [0, 0.1) is 0 Å². The average molecular weight is 287 g/mol. The van der Waals surface area contributed by atoms with Gasteiger partial charge in [0.15, 0.2) is 0 Å². The van der Waals surface area contributed by atoms with Crippen molar-refractivity contribution in [2.45, 2.75) is 37.6 Å². The van der Waals surface area contributed by atoms with Crippen molar-refractivity contribution < 1.29 is 9.84 Å². The summed E-state index contributed by atoms with van der Waals surface area (Å²) in [7, 11) is 1.63. The van der Waals surface area contributed by atoms with E-state index in [1.807, 2.05) is 25.1 Å². The van der Waals surface area contributed by atoms with Crippen molar-refractivity contribution in [3.63, 3.8) is 0 Å². The molecule has 16 heavy (non-hydrogen) atoms. The number of hydrogen-bond acceptors (Lipinski definition) is 2. The number of hydrogen-bond donors (Lipinski definition) is 1. The van der Waals surface area contributed by atoms with Crippen LogP contribution < -0.4 is 4.74 Å². The highest BCUT2D eigenvalue weighted by Crippen LogP contribution is 2.32. The third-order valence-electron chi connectivity index (χ3n) is 2.68. The number of methoxy groups -OCH3 is 1. The van der Waals surface area contributed by atoms with Crippen LogP contribution in [0.5, 0.6) is 5.75 Å². The van der Waals surface area contributed by atoms with E-state index in [9.17, 15) is 5.11 Å². The molecule has 90 valence electrons. The Hall–Kier alpha value is -0.540. The smallest absolute Gasteiger partial charge is 0.124 e. The fraction of sp³-hybridized carbons (Fsp3) is 0.538. The van der Waals surface area contributed by atoms with Crippen LogP contribution >= 0.6 is 15.9 Å². The van der Waals surface area contributed by atoms with Crippen molar-refractivity contribution in [1.82, 2.24) is 0 Å². The number of alkyl halides is 1. The first-order valence-electron chi connectivity index (χ1n) is 5.47. The number of rotatable bonds is 4. The summed E-state index contributed by atoms with van der Waals surface area (Å²) < 4.78 is 5.33. The van der Waals surface area contributed by atoms with E-state index < -0.39 is 6.10 Å². The van der Waals surface area contributed by atoms with E-state index >= 15 is 0 Å². The topological polar surface area (TPSA) is 29.5 Å². The molecule has 1 aromatic carbocycles. The van der Waals surface area contributed by atoms with Gasteiger partial charge in [-0.15, -0.1) is 0 Å². The van der Waals surface area contributed by atoms with Gasteiger partial charge < -0.3 is 9.84 Å². The molecule has 0 aliphatic heterocycles. The van der Waals surface area contributed by atoms with Gasteiger partial charge in [0.25, 0.3) is 0 Å². The SMILES string of the molecule is COc1cc(C(C)C)ccc1C(O)C(C)Br. The van der Waals surface area contributed by atoms with Gasteiger partial charge >= 0.3 is 0 Å². The highest BCUT2D eigenvalue weighted by Gasteiger charge is 2.18. The van der Waals surface area contributed by atoms with E-state index in [-0.39, 0.29) is 4.83 Å². The molecule has 0 heterocycles. The second-order valence-electron chi connectivity index (χ2n) is 4.28. The number of aliphatic hydroxyl groups excluding tert-OH is 1. The molecule has 0 aliphatic rings. The highest BCUT2D eigenvalue weighted by atomic mass is 79.9. The Morgan fingerprint density at radius 2 is 1.88 bits per heavy atom. The van der Waals surface area contributed by atoms with Crippen molar-refractivity contribution in [2.24, 2.45) is 0 Å². The molecule has 0 radical (unpaired) electrons. The van der Waals surface area contributed by atoms with Crippen LogP contribution in [0.3, 0.4) is 0 Å². The predicted molar refractivity (Wildman–Crippen MR) is 70.4 cm³/mol. The van der Waals surface area contributed by atoms with Crippen molar-refractivity contribution >= 4 is 15.9 Å². The van der Waals surface area contributed by atoms with Crippen molar-refractivity contribution in [3.8, 4) is 5.75 Å². The Kier molecular flexibility index (Phi) is 4.81. The number of ether oxygens (including phenoxy) is 1. The molecule has 0 fully saturated rings. The Labute approximate surface area is 106 Å². The molecule has 2 atom stereocenters. The average Bonchev–Trinajstić information content (AvgIpc) is 2.26. The standard InChI is InChI=1S/C13H19BrO2/c1-8(2)10-5-6-11(12(7-10)16-4)13(15)9(3)14/h5-9,13,15H,1-4H3. The lowest BCUT2D eigenvalue weighted by Gasteiger charge is -2.18. The third kappa shape index (κ3) is 2.98. The van der Waals surface area contributed by atoms with Gasteiger partial charge in [-0.1, -0.05) is 41.9 Å². The van der Waals surface area contributed by atoms with Gasteiger partial charge in [0.05, 0.1) is 13.2 Å². The molecule has 1 aromatic rings. The fourth-order valence-electron chi connectivity index (χ4n) is 1.58. The molecule has 0 aromatic heterocycles. The zero-order valence-corrected chi connectivity index (χ0v) is 11.8. The van der Waals surface area contributed by atoms with E-state index in [1.54, 1.807) is 7.11 Å². The summed E-state index contributed by atoms with van der Waals surface area (Å²) in [6.45, 7) is 6.19. The van der Waals surface area contributed by atoms with Crippen molar-refractivity contribution in [1.29, 1.82) is 0 Å². The first-order chi connectivity index (χ1) is 7.47. The summed E-state index contributed by atoms with van der Waals surface area (Å²) in [5, 5.41) is 10.0. The molecular formula is C13H19BrO2. The first kappa shape index (κ1) is 13.5. The Balaban J connectivity index is 3.11. The molecule has 3 heteroatoms. The maximum absolute atomic E-state index is 10.0. The van der Waals surface area contributed by atoms with Gasteiger partial charge in [0.1, 0.15) is 5.75 Å². The quantitative estimate of drug-likeness (QED) is 0.857. The molecule has 2 unspecified atom stereocenters. The minimum atomic E-state index is -0.545. The van der Waals surface area contributed by atoms with Crippen LogP contribution in [0.25, 0.3) is 0 Å². The van der Waals surface area contributed by atoms with Gasteiger partial charge in [-0.25, -0.2) is 0 Å². The number of benzene rings is 1. The first-order valence-corrected chi connectivity index (χ1v) is 6.39. The lowest BCUT2D eigenvalue weighted by atomic mass is 9.98. The minimum absolute atomic E-state index is 0.00583. The summed E-state index contributed by atoms with van der Waals surface area (Å²) in [5.41, 5.74) is 2.05. The number of halogens is 1. The van der Waals surface area contributed by atoms with Gasteiger partial charge in [-0.2, -0.15) is 0 Å². The van der Waals surface area contributed by atoms with Gasteiger partial charge in [-0.05, 0) is 24.5 Å². The molecule has 0 amide bonds. The van der Waals surface area contributed by atoms with E-state index in [4.69, 9.17) is 4.74 Å². The predicted octanol–water partition coefficient (Wildman–Crippen LogP) is 3.64. The maximum Gasteiger partial charge on any atom is 0.124 e. The fourth-order valence-corrected chi connectivity index (χ4v) is 1.86. The van der Waals surface area contributed by atoms with E-state index in [1.165, 1.54) is 5.56 Å².